The number of benzene rings is 2. The van der Waals surface area contributed by atoms with Gasteiger partial charge in [-0.2, -0.15) is 0 Å². The molecule has 3 heterocycles. The number of fused-ring (bicyclic) bond motifs is 1. The molecule has 0 N–H and O–H groups in total. The van der Waals surface area contributed by atoms with Crippen molar-refractivity contribution in [1.82, 2.24) is 24.4 Å². The van der Waals surface area contributed by atoms with Crippen LogP contribution in [0.15, 0.2) is 54.2 Å². The van der Waals surface area contributed by atoms with Crippen LogP contribution in [0.5, 0.6) is 0 Å². The summed E-state index contributed by atoms with van der Waals surface area (Å²) in [6.45, 7) is 0.511. The molecule has 0 bridgehead atoms. The number of thiazole rings is 1. The van der Waals surface area contributed by atoms with Crippen molar-refractivity contribution < 1.29 is 0 Å². The highest BCUT2D eigenvalue weighted by Gasteiger charge is 2.20. The molecule has 0 unspecified atom stereocenters. The summed E-state index contributed by atoms with van der Waals surface area (Å²) in [5.74, 6) is 0. The summed E-state index contributed by atoms with van der Waals surface area (Å²) in [5, 5.41) is 12.6. The van der Waals surface area contributed by atoms with Gasteiger partial charge in [0.1, 0.15) is 17.1 Å². The van der Waals surface area contributed by atoms with Crippen molar-refractivity contribution in [2.45, 2.75) is 6.54 Å². The maximum atomic E-state index is 6.24. The molecule has 0 saturated carbocycles. The lowest BCUT2D eigenvalue weighted by atomic mass is 10.1. The average molecular weight is 495 g/mol. The molecule has 0 spiro atoms. The third-order valence-corrected chi connectivity index (χ3v) is 6.80. The quantitative estimate of drug-likeness (QED) is 0.270. The molecule has 10 heteroatoms. The minimum absolute atomic E-state index is 0.472. The van der Waals surface area contributed by atoms with Gasteiger partial charge in [-0.15, -0.1) is 16.4 Å². The zero-order valence-electron chi connectivity index (χ0n) is 15.1. The fourth-order valence-corrected chi connectivity index (χ4v) is 4.52. The maximum Gasteiger partial charge on any atom is 0.194 e. The number of aromatic nitrogens is 5. The summed E-state index contributed by atoms with van der Waals surface area (Å²) in [6, 6.07) is 11.0. The van der Waals surface area contributed by atoms with Crippen molar-refractivity contribution in [3.63, 3.8) is 0 Å². The molecule has 3 aromatic heterocycles. The minimum atomic E-state index is 0.472. The lowest BCUT2D eigenvalue weighted by Crippen LogP contribution is -2.00. The van der Waals surface area contributed by atoms with E-state index in [0.29, 0.717) is 32.3 Å². The van der Waals surface area contributed by atoms with Crippen LogP contribution in [0, 0.1) is 0 Å². The van der Waals surface area contributed by atoms with Crippen LogP contribution < -0.4 is 0 Å². The van der Waals surface area contributed by atoms with Gasteiger partial charge < -0.3 is 0 Å². The topological polar surface area (TPSA) is 48.0 Å². The van der Waals surface area contributed by atoms with E-state index in [1.54, 1.807) is 34.2 Å². The number of halogens is 4. The van der Waals surface area contributed by atoms with E-state index in [-0.39, 0.29) is 0 Å². The van der Waals surface area contributed by atoms with E-state index in [0.717, 1.165) is 27.5 Å². The Labute approximate surface area is 195 Å². The van der Waals surface area contributed by atoms with Crippen LogP contribution in [-0.2, 0) is 6.54 Å². The highest BCUT2D eigenvalue weighted by Crippen LogP contribution is 2.36. The summed E-state index contributed by atoms with van der Waals surface area (Å²) in [7, 11) is 0. The van der Waals surface area contributed by atoms with Gasteiger partial charge in [0, 0.05) is 17.1 Å². The molecular formula is C20H11Cl4N5S. The molecule has 0 amide bonds. The summed E-state index contributed by atoms with van der Waals surface area (Å²) in [5.41, 5.74) is 4.13. The number of hydrogen-bond acceptors (Lipinski definition) is 4. The summed E-state index contributed by atoms with van der Waals surface area (Å²) in [6.07, 6.45) is 3.84. The number of rotatable bonds is 4. The van der Waals surface area contributed by atoms with E-state index in [1.807, 2.05) is 40.4 Å². The summed E-state index contributed by atoms with van der Waals surface area (Å²) in [4.78, 5) is 5.63. The Hall–Kier alpha value is -2.09. The monoisotopic (exact) mass is 493 g/mol. The van der Waals surface area contributed by atoms with Crippen LogP contribution in [0.3, 0.4) is 0 Å². The third-order valence-electron chi connectivity index (χ3n) is 4.57. The Bertz CT molecular complexity index is 1390. The fraction of sp³-hybridized carbons (Fsp3) is 0.0500. The number of hydrogen-bond donors (Lipinski definition) is 0. The highest BCUT2D eigenvalue weighted by atomic mass is 35.5. The predicted octanol–water partition coefficient (Wildman–Crippen LogP) is 6.98. The van der Waals surface area contributed by atoms with E-state index in [1.165, 1.54) is 0 Å². The lowest BCUT2D eigenvalue weighted by Gasteiger charge is -2.04. The van der Waals surface area contributed by atoms with Gasteiger partial charge in [0.05, 0.1) is 32.8 Å². The molecule has 150 valence electrons. The van der Waals surface area contributed by atoms with E-state index in [9.17, 15) is 0 Å². The highest BCUT2D eigenvalue weighted by molar-refractivity contribution is 7.15. The average Bonchev–Trinajstić information content (AvgIpc) is 3.43. The SMILES string of the molecule is Clc1ccc(Cn2cc(-c3c(-c4ccc(Cl)c(Cl)c4)nc4sccn34)nn2)cc1Cl. The van der Waals surface area contributed by atoms with Gasteiger partial charge in [-0.3, -0.25) is 4.40 Å². The first-order valence-corrected chi connectivity index (χ1v) is 11.1. The van der Waals surface area contributed by atoms with E-state index in [2.05, 4.69) is 10.3 Å². The van der Waals surface area contributed by atoms with Gasteiger partial charge in [0.2, 0.25) is 0 Å². The maximum absolute atomic E-state index is 6.24. The van der Waals surface area contributed by atoms with E-state index in [4.69, 9.17) is 51.4 Å². The van der Waals surface area contributed by atoms with Crippen molar-refractivity contribution in [3.8, 4) is 22.6 Å². The van der Waals surface area contributed by atoms with Crippen LogP contribution in [0.25, 0.3) is 27.6 Å². The van der Waals surface area contributed by atoms with Crippen LogP contribution >= 0.6 is 57.7 Å². The van der Waals surface area contributed by atoms with Crippen molar-refractivity contribution in [1.29, 1.82) is 0 Å². The second-order valence-electron chi connectivity index (χ2n) is 6.54. The molecule has 0 atom stereocenters. The smallest absolute Gasteiger partial charge is 0.194 e. The molecule has 5 aromatic rings. The Balaban J connectivity index is 1.57. The van der Waals surface area contributed by atoms with Crippen molar-refractivity contribution >= 4 is 62.7 Å². The van der Waals surface area contributed by atoms with E-state index >= 15 is 0 Å². The van der Waals surface area contributed by atoms with Crippen LogP contribution in [-0.4, -0.2) is 24.4 Å². The van der Waals surface area contributed by atoms with Crippen LogP contribution in [0.4, 0.5) is 0 Å². The lowest BCUT2D eigenvalue weighted by molar-refractivity contribution is 0.650. The van der Waals surface area contributed by atoms with Gasteiger partial charge in [-0.25, -0.2) is 9.67 Å². The molecule has 2 aromatic carbocycles. The van der Waals surface area contributed by atoms with Gasteiger partial charge in [-0.1, -0.05) is 63.7 Å². The van der Waals surface area contributed by atoms with Gasteiger partial charge in [-0.05, 0) is 29.8 Å². The molecule has 0 saturated heterocycles. The van der Waals surface area contributed by atoms with Gasteiger partial charge in [0.15, 0.2) is 4.96 Å². The number of imidazole rings is 1. The normalized spacial score (nSPS) is 11.5. The number of nitrogens with zero attached hydrogens (tertiary/aromatic N) is 5. The molecule has 0 fully saturated rings. The van der Waals surface area contributed by atoms with Crippen molar-refractivity contribution in [2.24, 2.45) is 0 Å². The first-order chi connectivity index (χ1) is 14.5. The molecule has 0 aliphatic carbocycles. The van der Waals surface area contributed by atoms with Crippen molar-refractivity contribution in [2.75, 3.05) is 0 Å². The Morgan fingerprint density at radius 2 is 1.67 bits per heavy atom. The first-order valence-electron chi connectivity index (χ1n) is 8.75. The summed E-state index contributed by atoms with van der Waals surface area (Å²) < 4.78 is 3.75. The largest absolute Gasteiger partial charge is 0.288 e. The van der Waals surface area contributed by atoms with Gasteiger partial charge in [0.25, 0.3) is 0 Å². The second-order valence-corrected chi connectivity index (χ2v) is 9.05. The first kappa shape index (κ1) is 19.8. The molecular weight excluding hydrogens is 484 g/mol. The molecule has 5 rings (SSSR count). The predicted molar refractivity (Wildman–Crippen MR) is 123 cm³/mol. The molecule has 0 radical (unpaired) electrons. The summed E-state index contributed by atoms with van der Waals surface area (Å²) >= 11 is 26.0. The Kier molecular flexibility index (Phi) is 5.21. The van der Waals surface area contributed by atoms with Gasteiger partial charge >= 0.3 is 0 Å². The molecule has 5 nitrogen and oxygen atoms in total. The van der Waals surface area contributed by atoms with Crippen LogP contribution in [0.1, 0.15) is 5.56 Å². The minimum Gasteiger partial charge on any atom is -0.288 e. The Morgan fingerprint density at radius 1 is 0.900 bits per heavy atom. The molecule has 0 aliphatic rings. The second kappa shape index (κ2) is 7.87. The fourth-order valence-electron chi connectivity index (χ4n) is 3.18. The molecule has 0 aliphatic heterocycles. The van der Waals surface area contributed by atoms with Crippen LogP contribution in [0.2, 0.25) is 20.1 Å². The Morgan fingerprint density at radius 3 is 2.43 bits per heavy atom. The zero-order chi connectivity index (χ0) is 20.8. The van der Waals surface area contributed by atoms with E-state index < -0.39 is 0 Å². The molecule has 30 heavy (non-hydrogen) atoms. The standard InChI is InChI=1S/C20H11Cl4N5S/c21-13-3-1-11(7-15(13)23)9-28-10-17(26-27-28)19-18(25-20-29(19)5-6-30-20)12-2-4-14(22)16(24)8-12/h1-8,10H,9H2. The zero-order valence-corrected chi connectivity index (χ0v) is 18.9. The third kappa shape index (κ3) is 3.59. The van der Waals surface area contributed by atoms with Crippen molar-refractivity contribution in [3.05, 3.63) is 79.8 Å².